The summed E-state index contributed by atoms with van der Waals surface area (Å²) in [7, 11) is 0. The van der Waals surface area contributed by atoms with Gasteiger partial charge in [0.2, 0.25) is 5.91 Å². The molecule has 3 N–H and O–H groups in total. The third kappa shape index (κ3) is 3.51. The normalized spacial score (nSPS) is 18.3. The number of fused-ring (bicyclic) bond motifs is 2. The summed E-state index contributed by atoms with van der Waals surface area (Å²) in [5, 5.41) is 21.9. The van der Waals surface area contributed by atoms with Crippen LogP contribution < -0.4 is 5.32 Å². The summed E-state index contributed by atoms with van der Waals surface area (Å²) in [6.45, 7) is 2.67. The summed E-state index contributed by atoms with van der Waals surface area (Å²) in [6, 6.07) is 10.2. The number of aromatic amines is 1. The van der Waals surface area contributed by atoms with Gasteiger partial charge in [0, 0.05) is 24.5 Å². The topological polar surface area (TPSA) is 98.3 Å². The number of aromatic nitrogens is 2. The predicted octanol–water partition coefficient (Wildman–Crippen LogP) is 3.83. The van der Waals surface area contributed by atoms with Gasteiger partial charge in [0.25, 0.3) is 5.91 Å². The Bertz CT molecular complexity index is 1180. The molecule has 7 heteroatoms. The standard InChI is InChI=1S/C25H28N4O3/c1-2-26-24(31)23-17-10-6-5-9-16(17)14-29(23)25(32)19-12-18-20(11-15-7-3-4-8-15)27-28-21(18)13-22(19)30/h5-6,9-10,12-13,15,23,30H,2-4,7-8,11,14H2,1H3,(H,26,31)(H,27,28). The molecular weight excluding hydrogens is 404 g/mol. The molecule has 0 bridgehead atoms. The molecule has 1 saturated carbocycles. The zero-order chi connectivity index (χ0) is 22.2. The van der Waals surface area contributed by atoms with Crippen LogP contribution in [-0.2, 0) is 17.8 Å². The number of rotatable bonds is 5. The van der Waals surface area contributed by atoms with Gasteiger partial charge in [-0.2, -0.15) is 5.10 Å². The molecule has 7 nitrogen and oxygen atoms in total. The highest BCUT2D eigenvalue weighted by molar-refractivity contribution is 6.03. The van der Waals surface area contributed by atoms with E-state index in [1.807, 2.05) is 31.2 Å². The molecule has 2 aromatic carbocycles. The first-order valence-electron chi connectivity index (χ1n) is 11.4. The summed E-state index contributed by atoms with van der Waals surface area (Å²) >= 11 is 0. The molecular formula is C25H28N4O3. The summed E-state index contributed by atoms with van der Waals surface area (Å²) in [6.07, 6.45) is 5.80. The van der Waals surface area contributed by atoms with E-state index in [4.69, 9.17) is 0 Å². The molecule has 32 heavy (non-hydrogen) atoms. The van der Waals surface area contributed by atoms with E-state index in [1.54, 1.807) is 17.0 Å². The molecule has 1 fully saturated rings. The number of nitrogens with zero attached hydrogens (tertiary/aromatic N) is 2. The van der Waals surface area contributed by atoms with Gasteiger partial charge in [-0.25, -0.2) is 0 Å². The van der Waals surface area contributed by atoms with Crippen molar-refractivity contribution in [2.24, 2.45) is 5.92 Å². The van der Waals surface area contributed by atoms with Crippen molar-refractivity contribution in [2.75, 3.05) is 6.54 Å². The number of aromatic hydroxyl groups is 1. The fourth-order valence-electron chi connectivity index (χ4n) is 5.21. The average Bonchev–Trinajstić information content (AvgIpc) is 3.52. The van der Waals surface area contributed by atoms with Crippen molar-refractivity contribution < 1.29 is 14.7 Å². The third-order valence-corrected chi connectivity index (χ3v) is 6.81. The Morgan fingerprint density at radius 1 is 1.22 bits per heavy atom. The van der Waals surface area contributed by atoms with E-state index < -0.39 is 6.04 Å². The van der Waals surface area contributed by atoms with Crippen LogP contribution in [-0.4, -0.2) is 38.6 Å². The molecule has 2 amide bonds. The molecule has 1 atom stereocenters. The second-order valence-electron chi connectivity index (χ2n) is 8.87. The first-order chi connectivity index (χ1) is 15.6. The number of carbonyl (C=O) groups excluding carboxylic acids is 2. The number of hydrogen-bond acceptors (Lipinski definition) is 4. The summed E-state index contributed by atoms with van der Waals surface area (Å²) in [5.41, 5.74) is 3.64. The molecule has 1 aliphatic carbocycles. The van der Waals surface area contributed by atoms with Crippen molar-refractivity contribution in [1.82, 2.24) is 20.4 Å². The molecule has 166 valence electrons. The lowest BCUT2D eigenvalue weighted by Crippen LogP contribution is -2.39. The van der Waals surface area contributed by atoms with Crippen LogP contribution in [0.15, 0.2) is 36.4 Å². The van der Waals surface area contributed by atoms with Crippen LogP contribution in [0.4, 0.5) is 0 Å². The lowest BCUT2D eigenvalue weighted by atomic mass is 9.98. The maximum atomic E-state index is 13.6. The Balaban J connectivity index is 1.50. The number of phenolic OH excluding ortho intramolecular Hbond substituents is 1. The van der Waals surface area contributed by atoms with Gasteiger partial charge in [-0.3, -0.25) is 14.7 Å². The van der Waals surface area contributed by atoms with E-state index in [9.17, 15) is 14.7 Å². The highest BCUT2D eigenvalue weighted by atomic mass is 16.3. The first-order valence-corrected chi connectivity index (χ1v) is 11.4. The SMILES string of the molecule is CCNC(=O)C1c2ccccc2CN1C(=O)c1cc2c(CC3CCCC3)n[nH]c2cc1O. The van der Waals surface area contributed by atoms with Crippen molar-refractivity contribution in [3.63, 3.8) is 0 Å². The van der Waals surface area contributed by atoms with Crippen molar-refractivity contribution in [2.45, 2.75) is 51.6 Å². The molecule has 0 spiro atoms. The maximum Gasteiger partial charge on any atom is 0.258 e. The molecule has 2 heterocycles. The summed E-state index contributed by atoms with van der Waals surface area (Å²) in [4.78, 5) is 28.1. The Hall–Kier alpha value is -3.35. The quantitative estimate of drug-likeness (QED) is 0.571. The lowest BCUT2D eigenvalue weighted by Gasteiger charge is -2.25. The first kappa shape index (κ1) is 20.5. The monoisotopic (exact) mass is 432 g/mol. The van der Waals surface area contributed by atoms with E-state index in [-0.39, 0.29) is 23.1 Å². The number of likely N-dealkylation sites (N-methyl/N-ethyl adjacent to an activating group) is 1. The van der Waals surface area contributed by atoms with Crippen molar-refractivity contribution in [3.05, 3.63) is 58.8 Å². The number of H-pyrrole nitrogens is 1. The Kier molecular flexibility index (Phi) is 5.33. The van der Waals surface area contributed by atoms with Crippen molar-refractivity contribution >= 4 is 22.7 Å². The van der Waals surface area contributed by atoms with Gasteiger partial charge in [0.05, 0.1) is 16.8 Å². The molecule has 1 aromatic heterocycles. The average molecular weight is 433 g/mol. The van der Waals surface area contributed by atoms with Crippen molar-refractivity contribution in [1.29, 1.82) is 0 Å². The molecule has 2 aliphatic rings. The Morgan fingerprint density at radius 2 is 2.00 bits per heavy atom. The van der Waals surface area contributed by atoms with Crippen LogP contribution >= 0.6 is 0 Å². The third-order valence-electron chi connectivity index (χ3n) is 6.81. The predicted molar refractivity (Wildman–Crippen MR) is 121 cm³/mol. The van der Waals surface area contributed by atoms with E-state index in [0.717, 1.165) is 34.1 Å². The Morgan fingerprint density at radius 3 is 2.78 bits per heavy atom. The van der Waals surface area contributed by atoms with Crippen molar-refractivity contribution in [3.8, 4) is 5.75 Å². The van der Waals surface area contributed by atoms with E-state index >= 15 is 0 Å². The van der Waals surface area contributed by atoms with Gasteiger partial charge in [-0.05, 0) is 36.5 Å². The second kappa shape index (κ2) is 8.30. The van der Waals surface area contributed by atoms with Crippen LogP contribution in [0, 0.1) is 5.92 Å². The molecule has 0 radical (unpaired) electrons. The smallest absolute Gasteiger partial charge is 0.258 e. The zero-order valence-electron chi connectivity index (χ0n) is 18.2. The number of nitrogens with one attached hydrogen (secondary N) is 2. The second-order valence-corrected chi connectivity index (χ2v) is 8.87. The minimum atomic E-state index is -0.712. The highest BCUT2D eigenvalue weighted by Crippen LogP contribution is 2.37. The summed E-state index contributed by atoms with van der Waals surface area (Å²) in [5.74, 6) is -0.0599. The van der Waals surface area contributed by atoms with Gasteiger partial charge < -0.3 is 15.3 Å². The van der Waals surface area contributed by atoms with Gasteiger partial charge in [0.1, 0.15) is 11.8 Å². The van der Waals surface area contributed by atoms with Gasteiger partial charge in [-0.15, -0.1) is 0 Å². The number of phenols is 1. The van der Waals surface area contributed by atoms with Crippen LogP contribution in [0.3, 0.4) is 0 Å². The zero-order valence-corrected chi connectivity index (χ0v) is 18.2. The van der Waals surface area contributed by atoms with Crippen LogP contribution in [0.25, 0.3) is 10.9 Å². The number of benzene rings is 2. The maximum absolute atomic E-state index is 13.6. The van der Waals surface area contributed by atoms with Crippen LogP contribution in [0.1, 0.15) is 65.8 Å². The van der Waals surface area contributed by atoms with E-state index in [1.165, 1.54) is 25.7 Å². The van der Waals surface area contributed by atoms with Crippen LogP contribution in [0.5, 0.6) is 5.75 Å². The molecule has 0 saturated heterocycles. The molecule has 1 aliphatic heterocycles. The Labute approximate surface area is 186 Å². The van der Waals surface area contributed by atoms with Gasteiger partial charge in [-0.1, -0.05) is 49.9 Å². The number of amides is 2. The fraction of sp³-hybridized carbons (Fsp3) is 0.400. The lowest BCUT2D eigenvalue weighted by molar-refractivity contribution is -0.125. The molecule has 3 aromatic rings. The van der Waals surface area contributed by atoms with Gasteiger partial charge >= 0.3 is 0 Å². The number of carbonyl (C=O) groups is 2. The van der Waals surface area contributed by atoms with Crippen LogP contribution in [0.2, 0.25) is 0 Å². The van der Waals surface area contributed by atoms with E-state index in [2.05, 4.69) is 15.5 Å². The summed E-state index contributed by atoms with van der Waals surface area (Å²) < 4.78 is 0. The minimum Gasteiger partial charge on any atom is -0.507 e. The largest absolute Gasteiger partial charge is 0.507 e. The minimum absolute atomic E-state index is 0.107. The number of hydrogen-bond donors (Lipinski definition) is 3. The highest BCUT2D eigenvalue weighted by Gasteiger charge is 2.39. The molecule has 5 rings (SSSR count). The van der Waals surface area contributed by atoms with Gasteiger partial charge in [0.15, 0.2) is 0 Å². The van der Waals surface area contributed by atoms with E-state index in [0.29, 0.717) is 19.0 Å². The fourth-order valence-corrected chi connectivity index (χ4v) is 5.21. The molecule has 1 unspecified atom stereocenters.